The Morgan fingerprint density at radius 2 is 1.58 bits per heavy atom. The van der Waals surface area contributed by atoms with Crippen LogP contribution in [0.5, 0.6) is 11.5 Å². The molecule has 0 aliphatic heterocycles. The predicted octanol–water partition coefficient (Wildman–Crippen LogP) is 7.45. The Balaban J connectivity index is 1.56. The molecule has 3 aromatic carbocycles. The number of hydrogen-bond donors (Lipinski definition) is 1. The number of nitrogens with zero attached hydrogens (tertiary/aromatic N) is 2. The second-order valence-corrected chi connectivity index (χ2v) is 14.2. The van der Waals surface area contributed by atoms with Crippen LogP contribution in [0.2, 0.25) is 0 Å². The van der Waals surface area contributed by atoms with E-state index < -0.39 is 47.2 Å². The van der Waals surface area contributed by atoms with Gasteiger partial charge in [0.05, 0.1) is 12.3 Å². The Morgan fingerprint density at radius 3 is 2.18 bits per heavy atom. The lowest BCUT2D eigenvalue weighted by molar-refractivity contribution is -0.789. The molecule has 0 aliphatic rings. The highest BCUT2D eigenvalue weighted by molar-refractivity contribution is 7.80. The summed E-state index contributed by atoms with van der Waals surface area (Å²) in [5.74, 6) is -2.68. The summed E-state index contributed by atoms with van der Waals surface area (Å²) in [5, 5.41) is 21.7. The van der Waals surface area contributed by atoms with Gasteiger partial charge in [-0.3, -0.25) is 9.59 Å². The minimum atomic E-state index is -1.68. The van der Waals surface area contributed by atoms with Gasteiger partial charge in [-0.1, -0.05) is 71.0 Å². The summed E-state index contributed by atoms with van der Waals surface area (Å²) in [6, 6.07) is 20.1. The molecule has 0 bridgehead atoms. The van der Waals surface area contributed by atoms with Gasteiger partial charge in [-0.15, -0.1) is 20.2 Å². The summed E-state index contributed by atoms with van der Waals surface area (Å²) in [4.78, 5) is 70.2. The minimum absolute atomic E-state index is 0.162. The highest BCUT2D eigenvalue weighted by Crippen LogP contribution is 2.32. The molecular formula is C33H31N3O11S3. The van der Waals surface area contributed by atoms with Gasteiger partial charge in [-0.05, 0) is 84.5 Å². The van der Waals surface area contributed by atoms with E-state index in [0.717, 1.165) is 31.8 Å². The SMILES string of the molecule is CC(C)Cc1ccc(C(C)C(=O)Nc2ccc(OC(=O)CC(CO[N+](=O)[O-])O[N+](=O)[O-])c(C(=O)Oc3ccc(-c4cc(=S)ss4)cc3)c2)cc1. The number of carbonyl (C=O) groups excluding carboxylic acids is 3. The summed E-state index contributed by atoms with van der Waals surface area (Å²) in [6.07, 6.45) is -1.62. The normalized spacial score (nSPS) is 12.0. The van der Waals surface area contributed by atoms with E-state index in [1.54, 1.807) is 31.2 Å². The van der Waals surface area contributed by atoms with Crippen LogP contribution in [0, 0.1) is 30.0 Å². The topological polar surface area (TPSA) is 186 Å². The summed E-state index contributed by atoms with van der Waals surface area (Å²) >= 11 is 5.20. The molecule has 4 aromatic rings. The summed E-state index contributed by atoms with van der Waals surface area (Å²) in [6.45, 7) is 5.05. The average molecular weight is 742 g/mol. The maximum atomic E-state index is 13.5. The maximum Gasteiger partial charge on any atom is 0.347 e. The van der Waals surface area contributed by atoms with Crippen LogP contribution in [0.25, 0.3) is 10.4 Å². The van der Waals surface area contributed by atoms with Crippen LogP contribution < -0.4 is 14.8 Å². The van der Waals surface area contributed by atoms with Crippen molar-refractivity contribution in [2.75, 3.05) is 11.9 Å². The zero-order valence-electron chi connectivity index (χ0n) is 26.9. The third-order valence-electron chi connectivity index (χ3n) is 7.01. The van der Waals surface area contributed by atoms with Crippen molar-refractivity contribution in [2.45, 2.75) is 45.6 Å². The van der Waals surface area contributed by atoms with Gasteiger partial charge in [0.2, 0.25) is 5.91 Å². The molecule has 14 nitrogen and oxygen atoms in total. The fourth-order valence-corrected chi connectivity index (χ4v) is 7.04. The molecule has 2 atom stereocenters. The van der Waals surface area contributed by atoms with Crippen molar-refractivity contribution in [3.63, 3.8) is 0 Å². The lowest BCUT2D eigenvalue weighted by atomic mass is 9.96. The van der Waals surface area contributed by atoms with Gasteiger partial charge in [0, 0.05) is 10.6 Å². The number of nitrogens with one attached hydrogen (secondary N) is 1. The van der Waals surface area contributed by atoms with E-state index in [2.05, 4.69) is 28.8 Å². The largest absolute Gasteiger partial charge is 0.426 e. The number of rotatable bonds is 16. The van der Waals surface area contributed by atoms with Gasteiger partial charge in [0.1, 0.15) is 33.6 Å². The first-order valence-electron chi connectivity index (χ1n) is 15.0. The van der Waals surface area contributed by atoms with Gasteiger partial charge in [-0.2, -0.15) is 0 Å². The molecule has 0 aliphatic carbocycles. The molecule has 0 radical (unpaired) electrons. The quantitative estimate of drug-likeness (QED) is 0.0299. The standard InChI is InChI=1S/C33H31N3O11S3/c1-19(2)14-21-4-6-22(7-5-21)20(3)32(38)34-24-10-13-28(46-30(37)16-26(47-36(42)43)18-44-35(40)41)27(15-24)33(39)45-25-11-8-23(9-12-25)29-17-31(48)50-49-29/h4-13,15,17,19-20,26H,14,16,18H2,1-3H3,(H,34,38). The Bertz CT molecular complexity index is 1910. The fourth-order valence-electron chi connectivity index (χ4n) is 4.64. The Hall–Kier alpha value is -5.26. The molecule has 1 aromatic heterocycles. The van der Waals surface area contributed by atoms with E-state index in [1.165, 1.54) is 38.9 Å². The van der Waals surface area contributed by atoms with Gasteiger partial charge < -0.3 is 24.5 Å². The third-order valence-corrected chi connectivity index (χ3v) is 9.93. The van der Waals surface area contributed by atoms with Crippen LogP contribution in [-0.2, 0) is 25.7 Å². The van der Waals surface area contributed by atoms with Crippen molar-refractivity contribution in [1.29, 1.82) is 0 Å². The Morgan fingerprint density at radius 1 is 0.880 bits per heavy atom. The van der Waals surface area contributed by atoms with Gasteiger partial charge in [-0.25, -0.2) is 4.79 Å². The summed E-state index contributed by atoms with van der Waals surface area (Å²) in [7, 11) is 2.96. The number of carbonyl (C=O) groups is 3. The van der Waals surface area contributed by atoms with Crippen LogP contribution in [0.3, 0.4) is 0 Å². The number of ether oxygens (including phenoxy) is 2. The minimum Gasteiger partial charge on any atom is -0.426 e. The van der Waals surface area contributed by atoms with E-state index in [1.807, 2.05) is 30.3 Å². The molecule has 0 saturated heterocycles. The van der Waals surface area contributed by atoms with Gasteiger partial charge in [0.15, 0.2) is 0 Å². The molecule has 1 amide bonds. The highest BCUT2D eigenvalue weighted by atomic mass is 32.9. The second kappa shape index (κ2) is 17.4. The van der Waals surface area contributed by atoms with E-state index in [4.69, 9.17) is 21.7 Å². The zero-order valence-corrected chi connectivity index (χ0v) is 29.3. The first kappa shape index (κ1) is 37.6. The Kier molecular flexibility index (Phi) is 13.1. The van der Waals surface area contributed by atoms with Crippen molar-refractivity contribution in [2.24, 2.45) is 5.92 Å². The van der Waals surface area contributed by atoms with Crippen LogP contribution >= 0.6 is 32.9 Å². The summed E-state index contributed by atoms with van der Waals surface area (Å²) in [5.41, 5.74) is 2.71. The van der Waals surface area contributed by atoms with Crippen LogP contribution in [0.15, 0.2) is 72.8 Å². The molecule has 50 heavy (non-hydrogen) atoms. The van der Waals surface area contributed by atoms with Gasteiger partial charge >= 0.3 is 11.9 Å². The van der Waals surface area contributed by atoms with Crippen LogP contribution in [0.4, 0.5) is 5.69 Å². The van der Waals surface area contributed by atoms with E-state index in [9.17, 15) is 34.6 Å². The molecule has 0 fully saturated rings. The molecule has 0 saturated carbocycles. The molecule has 17 heteroatoms. The molecule has 1 N–H and O–H groups in total. The van der Waals surface area contributed by atoms with Crippen LogP contribution in [0.1, 0.15) is 54.6 Å². The first-order chi connectivity index (χ1) is 23.8. The van der Waals surface area contributed by atoms with E-state index in [-0.39, 0.29) is 28.7 Å². The molecule has 4 rings (SSSR count). The first-order valence-corrected chi connectivity index (χ1v) is 17.6. The molecule has 0 spiro atoms. The average Bonchev–Trinajstić information content (AvgIpc) is 3.50. The number of hydrogen-bond acceptors (Lipinski definition) is 14. The highest BCUT2D eigenvalue weighted by Gasteiger charge is 2.25. The maximum absolute atomic E-state index is 13.5. The number of anilines is 1. The van der Waals surface area contributed by atoms with E-state index >= 15 is 0 Å². The smallest absolute Gasteiger partial charge is 0.347 e. The monoisotopic (exact) mass is 741 g/mol. The van der Waals surface area contributed by atoms with Crippen molar-refractivity contribution in [1.82, 2.24) is 0 Å². The lowest BCUT2D eigenvalue weighted by Crippen LogP contribution is -2.29. The third kappa shape index (κ3) is 11.1. The second-order valence-electron chi connectivity index (χ2n) is 11.3. The fraction of sp³-hybridized carbons (Fsp3) is 0.273. The van der Waals surface area contributed by atoms with Crippen molar-refractivity contribution >= 4 is 56.4 Å². The summed E-state index contributed by atoms with van der Waals surface area (Å²) < 4.78 is 11.6. The van der Waals surface area contributed by atoms with Crippen LogP contribution in [-0.4, -0.2) is 40.7 Å². The lowest BCUT2D eigenvalue weighted by Gasteiger charge is -2.16. The molecular weight excluding hydrogens is 711 g/mol. The number of benzene rings is 3. The molecule has 1 heterocycles. The molecule has 262 valence electrons. The zero-order chi connectivity index (χ0) is 36.4. The van der Waals surface area contributed by atoms with Crippen molar-refractivity contribution < 1.29 is 43.7 Å². The van der Waals surface area contributed by atoms with Crippen molar-refractivity contribution in [3.05, 3.63) is 114 Å². The van der Waals surface area contributed by atoms with E-state index in [0.29, 0.717) is 5.92 Å². The molecule has 2 unspecified atom stereocenters. The predicted molar refractivity (Wildman–Crippen MR) is 187 cm³/mol. The van der Waals surface area contributed by atoms with Crippen molar-refractivity contribution in [3.8, 4) is 21.9 Å². The Labute approximate surface area is 298 Å². The number of amides is 1. The van der Waals surface area contributed by atoms with Gasteiger partial charge in [0.25, 0.3) is 10.2 Å². The number of esters is 2.